The van der Waals surface area contributed by atoms with Crippen LogP contribution in [0.25, 0.3) is 11.1 Å². The number of methoxy groups -OCH3 is 2. The zero-order valence-electron chi connectivity index (χ0n) is 25.5. The summed E-state index contributed by atoms with van der Waals surface area (Å²) in [5.74, 6) is 0.845. The summed E-state index contributed by atoms with van der Waals surface area (Å²) in [5.41, 5.74) is 4.28. The van der Waals surface area contributed by atoms with E-state index in [2.05, 4.69) is 15.4 Å². The molecule has 1 atom stereocenters. The molecule has 1 saturated heterocycles. The molecule has 0 aromatic heterocycles. The first-order valence-corrected chi connectivity index (χ1v) is 16.1. The van der Waals surface area contributed by atoms with Crippen LogP contribution in [0.2, 0.25) is 0 Å². The van der Waals surface area contributed by atoms with Crippen molar-refractivity contribution >= 4 is 34.6 Å². The normalized spacial score (nSPS) is 13.4. The van der Waals surface area contributed by atoms with Gasteiger partial charge in [0.1, 0.15) is 17.1 Å². The molecule has 0 saturated carbocycles. The first-order valence-electron chi connectivity index (χ1n) is 15.0. The molecule has 45 heavy (non-hydrogen) atoms. The van der Waals surface area contributed by atoms with Crippen molar-refractivity contribution in [2.75, 3.05) is 50.4 Å². The SMILES string of the molecule is COc1ccccc1C(=O)NCCNc1cccc(N[S+]([O-])c2cc(-c3cccc(C(=O)N4CCCCC4)c3)ccc2OC)c1. The van der Waals surface area contributed by atoms with E-state index in [1.54, 1.807) is 31.4 Å². The summed E-state index contributed by atoms with van der Waals surface area (Å²) >= 11 is -1.64. The van der Waals surface area contributed by atoms with Crippen LogP contribution in [0.4, 0.5) is 11.4 Å². The maximum Gasteiger partial charge on any atom is 0.255 e. The molecule has 1 heterocycles. The Morgan fingerprint density at radius 3 is 2.31 bits per heavy atom. The number of carbonyl (C=O) groups is 2. The minimum absolute atomic E-state index is 0.0443. The molecule has 234 valence electrons. The maximum absolute atomic E-state index is 13.6. The third-order valence-corrected chi connectivity index (χ3v) is 8.75. The van der Waals surface area contributed by atoms with E-state index < -0.39 is 11.4 Å². The molecule has 3 N–H and O–H groups in total. The van der Waals surface area contributed by atoms with Crippen molar-refractivity contribution in [3.05, 3.63) is 102 Å². The van der Waals surface area contributed by atoms with Gasteiger partial charge in [-0.2, -0.15) is 0 Å². The lowest BCUT2D eigenvalue weighted by Crippen LogP contribution is -2.35. The van der Waals surface area contributed by atoms with E-state index >= 15 is 0 Å². The number of nitrogens with one attached hydrogen (secondary N) is 3. The summed E-state index contributed by atoms with van der Waals surface area (Å²) in [6.45, 7) is 2.47. The van der Waals surface area contributed by atoms with Crippen LogP contribution in [-0.4, -0.2) is 61.7 Å². The molecule has 2 amide bonds. The molecule has 1 fully saturated rings. The maximum atomic E-state index is 13.6. The van der Waals surface area contributed by atoms with Crippen molar-refractivity contribution in [1.29, 1.82) is 0 Å². The number of rotatable bonds is 12. The minimum Gasteiger partial charge on any atom is -0.588 e. The quantitative estimate of drug-likeness (QED) is 0.131. The summed E-state index contributed by atoms with van der Waals surface area (Å²) in [6.07, 6.45) is 3.23. The van der Waals surface area contributed by atoms with Crippen LogP contribution >= 0.6 is 0 Å². The predicted octanol–water partition coefficient (Wildman–Crippen LogP) is 5.97. The number of piperidine rings is 1. The molecule has 9 nitrogen and oxygen atoms in total. The van der Waals surface area contributed by atoms with Gasteiger partial charge in [0.2, 0.25) is 4.90 Å². The Morgan fingerprint density at radius 2 is 1.51 bits per heavy atom. The van der Waals surface area contributed by atoms with Crippen LogP contribution in [0.15, 0.2) is 95.9 Å². The second-order valence-electron chi connectivity index (χ2n) is 10.6. The first-order chi connectivity index (χ1) is 22.0. The molecular formula is C35H38N4O5S. The number of benzene rings is 4. The van der Waals surface area contributed by atoms with E-state index in [9.17, 15) is 14.1 Å². The number of hydrogen-bond donors (Lipinski definition) is 3. The molecule has 0 aliphatic carbocycles. The molecule has 10 heteroatoms. The molecule has 4 aromatic rings. The average molecular weight is 627 g/mol. The number of ether oxygens (including phenoxy) is 2. The fraction of sp³-hybridized carbons (Fsp3) is 0.257. The Morgan fingerprint density at radius 1 is 0.778 bits per heavy atom. The van der Waals surface area contributed by atoms with Crippen molar-refractivity contribution < 1.29 is 23.6 Å². The summed E-state index contributed by atoms with van der Waals surface area (Å²) in [7, 11) is 3.08. The van der Waals surface area contributed by atoms with Crippen molar-refractivity contribution in [2.45, 2.75) is 24.2 Å². The van der Waals surface area contributed by atoms with Gasteiger partial charge < -0.3 is 29.6 Å². The highest BCUT2D eigenvalue weighted by Crippen LogP contribution is 2.32. The highest BCUT2D eigenvalue weighted by atomic mass is 32.2. The predicted molar refractivity (Wildman–Crippen MR) is 178 cm³/mol. The fourth-order valence-electron chi connectivity index (χ4n) is 5.28. The highest BCUT2D eigenvalue weighted by molar-refractivity contribution is 7.92. The standard InChI is InChI=1S/C35H38N4O5S/c1-43-31-15-5-4-14-30(31)34(40)37-19-18-36-28-12-9-13-29(24-28)38-45(42)33-23-26(16-17-32(33)44-2)25-10-8-11-27(22-25)35(41)39-20-6-3-7-21-39/h4-5,8-17,22-24,36,38H,3,6-7,18-21H2,1-2H3,(H,37,40). The number of amides is 2. The van der Waals surface area contributed by atoms with Crippen molar-refractivity contribution in [2.24, 2.45) is 0 Å². The second kappa shape index (κ2) is 15.4. The molecule has 0 spiro atoms. The van der Waals surface area contributed by atoms with Gasteiger partial charge in [0.15, 0.2) is 5.75 Å². The molecular weight excluding hydrogens is 588 g/mol. The number of likely N-dealkylation sites (tertiary alicyclic amines) is 1. The van der Waals surface area contributed by atoms with E-state index in [1.165, 1.54) is 7.11 Å². The molecule has 0 radical (unpaired) electrons. The number of carbonyl (C=O) groups excluding carboxylic acids is 2. The third-order valence-electron chi connectivity index (χ3n) is 7.61. The topological polar surface area (TPSA) is 115 Å². The Kier molecular flexibility index (Phi) is 10.8. The molecule has 1 unspecified atom stereocenters. The number of hydrogen-bond acceptors (Lipinski definition) is 7. The third kappa shape index (κ3) is 8.09. The van der Waals surface area contributed by atoms with E-state index in [-0.39, 0.29) is 11.8 Å². The molecule has 4 aromatic carbocycles. The zero-order chi connectivity index (χ0) is 31.6. The van der Waals surface area contributed by atoms with Gasteiger partial charge in [-0.15, -0.1) is 0 Å². The Bertz CT molecular complexity index is 1630. The van der Waals surface area contributed by atoms with E-state index in [0.717, 1.165) is 49.2 Å². The van der Waals surface area contributed by atoms with Crippen molar-refractivity contribution in [1.82, 2.24) is 10.2 Å². The highest BCUT2D eigenvalue weighted by Gasteiger charge is 2.22. The smallest absolute Gasteiger partial charge is 0.255 e. The summed E-state index contributed by atoms with van der Waals surface area (Å²) < 4.78 is 27.5. The van der Waals surface area contributed by atoms with E-state index in [1.807, 2.05) is 71.6 Å². The number of anilines is 2. The van der Waals surface area contributed by atoms with Gasteiger partial charge in [-0.05, 0) is 78.9 Å². The monoisotopic (exact) mass is 626 g/mol. The van der Waals surface area contributed by atoms with Gasteiger partial charge in [0.05, 0.1) is 25.5 Å². The van der Waals surface area contributed by atoms with Crippen molar-refractivity contribution in [3.8, 4) is 22.6 Å². The van der Waals surface area contributed by atoms with Gasteiger partial charge in [0, 0.05) is 43.5 Å². The number of nitrogens with zero attached hydrogens (tertiary/aromatic N) is 1. The van der Waals surface area contributed by atoms with Crippen LogP contribution in [0.1, 0.15) is 40.0 Å². The number of para-hydroxylation sites is 1. The summed E-state index contributed by atoms with van der Waals surface area (Å²) in [6, 6.07) is 27.6. The van der Waals surface area contributed by atoms with Gasteiger partial charge in [-0.25, -0.2) is 4.72 Å². The molecule has 0 bridgehead atoms. The summed E-state index contributed by atoms with van der Waals surface area (Å²) in [5, 5.41) is 6.17. The zero-order valence-corrected chi connectivity index (χ0v) is 26.3. The minimum atomic E-state index is -1.64. The molecule has 1 aliphatic heterocycles. The largest absolute Gasteiger partial charge is 0.588 e. The van der Waals surface area contributed by atoms with Crippen molar-refractivity contribution in [3.63, 3.8) is 0 Å². The Hall–Kier alpha value is -4.67. The van der Waals surface area contributed by atoms with Gasteiger partial charge in [-0.1, -0.05) is 36.4 Å². The van der Waals surface area contributed by atoms with Gasteiger partial charge >= 0.3 is 0 Å². The second-order valence-corrected chi connectivity index (χ2v) is 11.8. The Labute approximate surface area is 267 Å². The van der Waals surface area contributed by atoms with E-state index in [4.69, 9.17) is 9.47 Å². The van der Waals surface area contributed by atoms with Crippen LogP contribution in [-0.2, 0) is 11.4 Å². The van der Waals surface area contributed by atoms with E-state index in [0.29, 0.717) is 46.3 Å². The lowest BCUT2D eigenvalue weighted by Gasteiger charge is -2.26. The van der Waals surface area contributed by atoms with Crippen LogP contribution in [0, 0.1) is 0 Å². The lowest BCUT2D eigenvalue weighted by atomic mass is 10.0. The lowest BCUT2D eigenvalue weighted by molar-refractivity contribution is 0.0724. The molecule has 1 aliphatic rings. The Balaban J connectivity index is 1.22. The van der Waals surface area contributed by atoms with Crippen LogP contribution in [0.3, 0.4) is 0 Å². The van der Waals surface area contributed by atoms with Crippen LogP contribution in [0.5, 0.6) is 11.5 Å². The summed E-state index contributed by atoms with van der Waals surface area (Å²) in [4.78, 5) is 28.0. The van der Waals surface area contributed by atoms with Gasteiger partial charge in [0.25, 0.3) is 11.8 Å². The first kappa shape index (κ1) is 31.7. The van der Waals surface area contributed by atoms with Gasteiger partial charge in [-0.3, -0.25) is 9.59 Å². The van der Waals surface area contributed by atoms with Crippen LogP contribution < -0.4 is 24.8 Å². The fourth-order valence-corrected chi connectivity index (χ4v) is 6.30. The molecule has 5 rings (SSSR count). The average Bonchev–Trinajstić information content (AvgIpc) is 3.10.